The Morgan fingerprint density at radius 1 is 1.00 bits per heavy atom. The van der Waals surface area contributed by atoms with Crippen LogP contribution in [0.3, 0.4) is 0 Å². The highest BCUT2D eigenvalue weighted by atomic mass is 32.2. The van der Waals surface area contributed by atoms with E-state index in [0.717, 1.165) is 0 Å². The van der Waals surface area contributed by atoms with Crippen molar-refractivity contribution in [3.63, 3.8) is 0 Å². The van der Waals surface area contributed by atoms with Gasteiger partial charge in [0, 0.05) is 13.1 Å². The largest absolute Gasteiger partial charge is 0.390 e. The molecule has 2 atom stereocenters. The van der Waals surface area contributed by atoms with E-state index < -0.39 is 28.0 Å². The molecule has 1 aliphatic heterocycles. The third-order valence-electron chi connectivity index (χ3n) is 4.49. The van der Waals surface area contributed by atoms with Gasteiger partial charge in [-0.25, -0.2) is 8.42 Å². The van der Waals surface area contributed by atoms with Crippen LogP contribution in [0.1, 0.15) is 22.3 Å². The van der Waals surface area contributed by atoms with Gasteiger partial charge in [-0.2, -0.15) is 0 Å². The highest BCUT2D eigenvalue weighted by Crippen LogP contribution is 2.23. The summed E-state index contributed by atoms with van der Waals surface area (Å²) in [5.41, 5.74) is 0.735. The molecule has 1 fully saturated rings. The zero-order chi connectivity index (χ0) is 18.7. The fourth-order valence-electron chi connectivity index (χ4n) is 3.06. The number of sulfone groups is 1. The van der Waals surface area contributed by atoms with E-state index in [2.05, 4.69) is 0 Å². The Bertz CT molecular complexity index is 882. The Morgan fingerprint density at radius 3 is 2.35 bits per heavy atom. The molecule has 1 saturated heterocycles. The first-order valence-corrected chi connectivity index (χ1v) is 10.0. The third-order valence-corrected chi connectivity index (χ3v) is 6.23. The molecule has 1 heterocycles. The minimum Gasteiger partial charge on any atom is -0.390 e. The highest BCUT2D eigenvalue weighted by Gasteiger charge is 2.31. The van der Waals surface area contributed by atoms with Gasteiger partial charge in [-0.3, -0.25) is 4.79 Å². The van der Waals surface area contributed by atoms with Crippen molar-refractivity contribution in [2.45, 2.75) is 29.3 Å². The molecular formula is C19H21NO5S. The van der Waals surface area contributed by atoms with E-state index in [1.165, 1.54) is 17.0 Å². The monoisotopic (exact) mass is 375 g/mol. The van der Waals surface area contributed by atoms with Crippen LogP contribution in [0.25, 0.3) is 0 Å². The molecule has 0 aliphatic carbocycles. The zero-order valence-corrected chi connectivity index (χ0v) is 15.0. The molecule has 0 saturated carbocycles. The van der Waals surface area contributed by atoms with Gasteiger partial charge in [0.1, 0.15) is 0 Å². The highest BCUT2D eigenvalue weighted by molar-refractivity contribution is 7.90. The Morgan fingerprint density at radius 2 is 1.65 bits per heavy atom. The fourth-order valence-corrected chi connectivity index (χ4v) is 4.62. The molecule has 6 nitrogen and oxygen atoms in total. The maximum atomic E-state index is 12.9. The summed E-state index contributed by atoms with van der Waals surface area (Å²) < 4.78 is 25.7. The molecule has 0 radical (unpaired) electrons. The van der Waals surface area contributed by atoms with Crippen molar-refractivity contribution in [1.82, 2.24) is 4.90 Å². The summed E-state index contributed by atoms with van der Waals surface area (Å²) in [5, 5.41) is 19.4. The molecule has 3 rings (SSSR count). The van der Waals surface area contributed by atoms with Crippen molar-refractivity contribution in [2.75, 3.05) is 13.1 Å². The van der Waals surface area contributed by atoms with Crippen LogP contribution in [0.15, 0.2) is 59.5 Å². The average molecular weight is 375 g/mol. The minimum atomic E-state index is -3.71. The van der Waals surface area contributed by atoms with Gasteiger partial charge in [0.25, 0.3) is 5.91 Å². The molecule has 0 aromatic heterocycles. The number of nitrogens with zero attached hydrogens (tertiary/aromatic N) is 1. The van der Waals surface area contributed by atoms with Crippen LogP contribution in [0, 0.1) is 0 Å². The van der Waals surface area contributed by atoms with Crippen LogP contribution >= 0.6 is 0 Å². The van der Waals surface area contributed by atoms with Crippen LogP contribution in [0.2, 0.25) is 0 Å². The lowest BCUT2D eigenvalue weighted by Gasteiger charge is -2.33. The number of hydrogen-bond acceptors (Lipinski definition) is 5. The van der Waals surface area contributed by atoms with Gasteiger partial charge in [0.05, 0.1) is 28.4 Å². The lowest BCUT2D eigenvalue weighted by molar-refractivity contribution is -0.0322. The van der Waals surface area contributed by atoms with E-state index in [9.17, 15) is 23.4 Å². The van der Waals surface area contributed by atoms with Gasteiger partial charge in [0.15, 0.2) is 9.84 Å². The summed E-state index contributed by atoms with van der Waals surface area (Å²) in [4.78, 5) is 14.2. The van der Waals surface area contributed by atoms with Gasteiger partial charge in [0.2, 0.25) is 0 Å². The number of rotatable bonds is 4. The summed E-state index contributed by atoms with van der Waals surface area (Å²) in [6.07, 6.45) is -1.64. The van der Waals surface area contributed by atoms with Gasteiger partial charge in [-0.05, 0) is 24.1 Å². The van der Waals surface area contributed by atoms with Crippen LogP contribution in [-0.2, 0) is 15.6 Å². The molecule has 138 valence electrons. The van der Waals surface area contributed by atoms with Crippen molar-refractivity contribution in [3.05, 3.63) is 65.7 Å². The van der Waals surface area contributed by atoms with E-state index in [1.54, 1.807) is 36.4 Å². The summed E-state index contributed by atoms with van der Waals surface area (Å²) in [5.74, 6) is -0.650. The Labute approximate surface area is 152 Å². The topological polar surface area (TPSA) is 94.9 Å². The van der Waals surface area contributed by atoms with Crippen molar-refractivity contribution < 1.29 is 23.4 Å². The maximum absolute atomic E-state index is 12.9. The van der Waals surface area contributed by atoms with E-state index in [1.807, 2.05) is 6.07 Å². The minimum absolute atomic E-state index is 0.0190. The molecule has 26 heavy (non-hydrogen) atoms. The molecule has 2 aromatic carbocycles. The molecular weight excluding hydrogens is 354 g/mol. The van der Waals surface area contributed by atoms with E-state index in [0.29, 0.717) is 5.56 Å². The number of aliphatic hydroxyl groups is 2. The molecule has 0 unspecified atom stereocenters. The molecule has 7 heteroatoms. The predicted molar refractivity (Wildman–Crippen MR) is 96.3 cm³/mol. The fraction of sp³-hybridized carbons (Fsp3) is 0.316. The van der Waals surface area contributed by atoms with E-state index in [-0.39, 0.29) is 35.7 Å². The second-order valence-electron chi connectivity index (χ2n) is 6.42. The van der Waals surface area contributed by atoms with Crippen molar-refractivity contribution in [2.24, 2.45) is 0 Å². The third kappa shape index (κ3) is 3.95. The molecule has 0 spiro atoms. The average Bonchev–Trinajstić information content (AvgIpc) is 2.64. The number of carbonyl (C=O) groups is 1. The van der Waals surface area contributed by atoms with Gasteiger partial charge in [-0.1, -0.05) is 42.5 Å². The first-order valence-electron chi connectivity index (χ1n) is 8.39. The second kappa shape index (κ2) is 7.57. The lowest BCUT2D eigenvalue weighted by atomic mass is 10.0. The molecule has 2 N–H and O–H groups in total. The standard InChI is InChI=1S/C19H21NO5S/c21-16-10-11-20(12-17(16)22)19(23)15-8-4-5-9-18(15)26(24,25)13-14-6-2-1-3-7-14/h1-9,16-17,21-22H,10-13H2/t16-,17-/m1/s1. The van der Waals surface area contributed by atoms with Crippen LogP contribution in [-0.4, -0.2) is 54.7 Å². The zero-order valence-electron chi connectivity index (χ0n) is 14.2. The van der Waals surface area contributed by atoms with E-state index >= 15 is 0 Å². The second-order valence-corrected chi connectivity index (χ2v) is 8.37. The Hall–Kier alpha value is -2.22. The van der Waals surface area contributed by atoms with Gasteiger partial charge < -0.3 is 15.1 Å². The van der Waals surface area contributed by atoms with Crippen LogP contribution < -0.4 is 0 Å². The number of β-amino-alcohol motifs (C(OH)–C–C–N with tert-alkyl or cyclic N) is 1. The first kappa shape index (κ1) is 18.6. The Kier molecular flexibility index (Phi) is 5.41. The number of aliphatic hydroxyl groups excluding tert-OH is 2. The number of benzene rings is 2. The Balaban J connectivity index is 1.89. The molecule has 1 amide bonds. The van der Waals surface area contributed by atoms with Gasteiger partial charge in [-0.15, -0.1) is 0 Å². The normalized spacial score (nSPS) is 20.8. The lowest BCUT2D eigenvalue weighted by Crippen LogP contribution is -2.49. The first-order chi connectivity index (χ1) is 12.4. The van der Waals surface area contributed by atoms with Crippen molar-refractivity contribution in [1.29, 1.82) is 0 Å². The smallest absolute Gasteiger partial charge is 0.255 e. The van der Waals surface area contributed by atoms with Crippen LogP contribution in [0.4, 0.5) is 0 Å². The van der Waals surface area contributed by atoms with E-state index in [4.69, 9.17) is 0 Å². The number of carbonyl (C=O) groups excluding carboxylic acids is 1. The van der Waals surface area contributed by atoms with Crippen molar-refractivity contribution >= 4 is 15.7 Å². The predicted octanol–water partition coefficient (Wildman–Crippen LogP) is 1.23. The number of hydrogen-bond donors (Lipinski definition) is 2. The number of piperidine rings is 1. The summed E-state index contributed by atoms with van der Waals surface area (Å²) in [7, 11) is -3.71. The van der Waals surface area contributed by atoms with Gasteiger partial charge >= 0.3 is 0 Å². The quantitative estimate of drug-likeness (QED) is 0.838. The van der Waals surface area contributed by atoms with Crippen molar-refractivity contribution in [3.8, 4) is 0 Å². The SMILES string of the molecule is O=C(c1ccccc1S(=O)(=O)Cc1ccccc1)N1CC[C@@H](O)[C@H](O)C1. The molecule has 2 aromatic rings. The number of amides is 1. The molecule has 0 bridgehead atoms. The summed E-state index contributed by atoms with van der Waals surface area (Å²) in [6.45, 7) is 0.247. The summed E-state index contributed by atoms with van der Waals surface area (Å²) >= 11 is 0. The number of likely N-dealkylation sites (tertiary alicyclic amines) is 1. The van der Waals surface area contributed by atoms with Crippen LogP contribution in [0.5, 0.6) is 0 Å². The molecule has 1 aliphatic rings. The maximum Gasteiger partial charge on any atom is 0.255 e. The summed E-state index contributed by atoms with van der Waals surface area (Å²) in [6, 6.07) is 14.9.